The number of fused-ring (bicyclic) bond motifs is 1. The number of likely N-dealkylation sites (tertiary alicyclic amines) is 1. The first-order chi connectivity index (χ1) is 13.5. The van der Waals surface area contributed by atoms with Gasteiger partial charge in [0.2, 0.25) is 0 Å². The van der Waals surface area contributed by atoms with Gasteiger partial charge in [-0.3, -0.25) is 9.59 Å². The molecule has 1 fully saturated rings. The van der Waals surface area contributed by atoms with E-state index >= 15 is 0 Å². The van der Waals surface area contributed by atoms with Gasteiger partial charge in [0.15, 0.2) is 0 Å². The smallest absolute Gasteiger partial charge is 0.308 e. The van der Waals surface area contributed by atoms with Gasteiger partial charge >= 0.3 is 5.97 Å². The maximum Gasteiger partial charge on any atom is 0.308 e. The molecule has 1 saturated heterocycles. The van der Waals surface area contributed by atoms with Crippen molar-refractivity contribution in [3.05, 3.63) is 65.6 Å². The molecule has 144 valence electrons. The highest BCUT2D eigenvalue weighted by atomic mass is 16.5. The van der Waals surface area contributed by atoms with Gasteiger partial charge in [0.1, 0.15) is 18.0 Å². The largest absolute Gasteiger partial charge is 0.487 e. The SMILES string of the molecule is Cc1ccc2nc(COc3cccc(C(=O)N4CC[C@H](C(=O)O)C4)c3)cn2c1. The Labute approximate surface area is 162 Å². The lowest BCUT2D eigenvalue weighted by atomic mass is 10.1. The zero-order chi connectivity index (χ0) is 19.7. The van der Waals surface area contributed by atoms with Gasteiger partial charge in [-0.05, 0) is 43.2 Å². The molecule has 7 nitrogen and oxygen atoms in total. The minimum absolute atomic E-state index is 0.169. The summed E-state index contributed by atoms with van der Waals surface area (Å²) < 4.78 is 7.78. The van der Waals surface area contributed by atoms with Crippen LogP contribution in [0.4, 0.5) is 0 Å². The molecule has 28 heavy (non-hydrogen) atoms. The zero-order valence-corrected chi connectivity index (χ0v) is 15.5. The molecule has 0 bridgehead atoms. The molecule has 3 aromatic rings. The van der Waals surface area contributed by atoms with Crippen molar-refractivity contribution >= 4 is 17.5 Å². The Hall–Kier alpha value is -3.35. The zero-order valence-electron chi connectivity index (χ0n) is 15.5. The van der Waals surface area contributed by atoms with Crippen LogP contribution in [0.1, 0.15) is 28.0 Å². The first-order valence-electron chi connectivity index (χ1n) is 9.19. The number of aromatic nitrogens is 2. The van der Waals surface area contributed by atoms with Crippen molar-refractivity contribution in [2.24, 2.45) is 5.92 Å². The van der Waals surface area contributed by atoms with Gasteiger partial charge in [0.25, 0.3) is 5.91 Å². The highest BCUT2D eigenvalue weighted by Gasteiger charge is 2.31. The van der Waals surface area contributed by atoms with E-state index in [9.17, 15) is 9.59 Å². The second-order valence-corrected chi connectivity index (χ2v) is 7.10. The third-order valence-corrected chi connectivity index (χ3v) is 4.94. The number of carbonyl (C=O) groups is 2. The van der Waals surface area contributed by atoms with Gasteiger partial charge in [-0.2, -0.15) is 0 Å². The van der Waals surface area contributed by atoms with Crippen molar-refractivity contribution < 1.29 is 19.4 Å². The minimum Gasteiger partial charge on any atom is -0.487 e. The van der Waals surface area contributed by atoms with Crippen LogP contribution in [-0.2, 0) is 11.4 Å². The highest BCUT2D eigenvalue weighted by molar-refractivity contribution is 5.95. The van der Waals surface area contributed by atoms with E-state index in [0.717, 1.165) is 16.9 Å². The summed E-state index contributed by atoms with van der Waals surface area (Å²) in [4.78, 5) is 29.9. The van der Waals surface area contributed by atoms with Crippen LogP contribution in [-0.4, -0.2) is 44.4 Å². The van der Waals surface area contributed by atoms with Crippen LogP contribution in [0.5, 0.6) is 5.75 Å². The number of carbonyl (C=O) groups excluding carboxylic acids is 1. The highest BCUT2D eigenvalue weighted by Crippen LogP contribution is 2.21. The molecular formula is C21H21N3O4. The Kier molecular flexibility index (Phi) is 4.73. The fourth-order valence-corrected chi connectivity index (χ4v) is 3.43. The quantitative estimate of drug-likeness (QED) is 0.737. The summed E-state index contributed by atoms with van der Waals surface area (Å²) in [7, 11) is 0. The van der Waals surface area contributed by atoms with Crippen LogP contribution >= 0.6 is 0 Å². The van der Waals surface area contributed by atoms with Crippen LogP contribution in [0.3, 0.4) is 0 Å². The predicted molar refractivity (Wildman–Crippen MR) is 102 cm³/mol. The number of nitrogens with zero attached hydrogens (tertiary/aromatic N) is 3. The number of carboxylic acids is 1. The molecule has 0 saturated carbocycles. The standard InChI is InChI=1S/C21H21N3O4/c1-14-5-6-19-22-17(12-24(19)10-14)13-28-18-4-2-3-15(9-18)20(25)23-8-7-16(11-23)21(26)27/h2-6,9-10,12,16H,7-8,11,13H2,1H3,(H,26,27)/t16-/m0/s1. The number of amides is 1. The molecule has 2 aromatic heterocycles. The predicted octanol–water partition coefficient (Wildman–Crippen LogP) is 2.77. The van der Waals surface area contributed by atoms with Crippen LogP contribution in [0.15, 0.2) is 48.8 Å². The van der Waals surface area contributed by atoms with Crippen LogP contribution in [0, 0.1) is 12.8 Å². The Bertz CT molecular complexity index is 1040. The van der Waals surface area contributed by atoms with Crippen molar-refractivity contribution in [2.45, 2.75) is 20.0 Å². The fourth-order valence-electron chi connectivity index (χ4n) is 3.43. The van der Waals surface area contributed by atoms with E-state index in [1.54, 1.807) is 29.2 Å². The van der Waals surface area contributed by atoms with Crippen molar-refractivity contribution in [2.75, 3.05) is 13.1 Å². The van der Waals surface area contributed by atoms with Crippen LogP contribution in [0.25, 0.3) is 5.65 Å². The van der Waals surface area contributed by atoms with Crippen molar-refractivity contribution in [3.63, 3.8) is 0 Å². The minimum atomic E-state index is -0.852. The van der Waals surface area contributed by atoms with E-state index in [1.165, 1.54) is 0 Å². The van der Waals surface area contributed by atoms with Crippen LogP contribution in [0.2, 0.25) is 0 Å². The summed E-state index contributed by atoms with van der Waals surface area (Å²) in [5, 5.41) is 9.11. The Morgan fingerprint density at radius 1 is 1.25 bits per heavy atom. The lowest BCUT2D eigenvalue weighted by molar-refractivity contribution is -0.141. The number of pyridine rings is 1. The topological polar surface area (TPSA) is 84.1 Å². The number of ether oxygens (including phenoxy) is 1. The van der Waals surface area contributed by atoms with Crippen LogP contribution < -0.4 is 4.74 Å². The second-order valence-electron chi connectivity index (χ2n) is 7.10. The molecule has 1 aliphatic heterocycles. The number of rotatable bonds is 5. The molecular weight excluding hydrogens is 358 g/mol. The van der Waals surface area contributed by atoms with Gasteiger partial charge in [0.05, 0.1) is 11.6 Å². The van der Waals surface area contributed by atoms with E-state index < -0.39 is 11.9 Å². The molecule has 0 radical (unpaired) electrons. The Balaban J connectivity index is 1.43. The van der Waals surface area contributed by atoms with Gasteiger partial charge in [0, 0.05) is 31.0 Å². The molecule has 4 rings (SSSR count). The summed E-state index contributed by atoms with van der Waals surface area (Å²) >= 11 is 0. The average Bonchev–Trinajstić information content (AvgIpc) is 3.33. The van der Waals surface area contributed by atoms with Crippen molar-refractivity contribution in [1.29, 1.82) is 0 Å². The second kappa shape index (κ2) is 7.34. The van der Waals surface area contributed by atoms with Gasteiger partial charge in [-0.15, -0.1) is 0 Å². The maximum absolute atomic E-state index is 12.7. The number of aryl methyl sites for hydroxylation is 1. The fraction of sp³-hybridized carbons (Fsp3) is 0.286. The van der Waals surface area contributed by atoms with E-state index in [-0.39, 0.29) is 12.5 Å². The molecule has 1 atom stereocenters. The number of aliphatic carboxylic acids is 1. The summed E-state index contributed by atoms with van der Waals surface area (Å²) in [6.45, 7) is 3.03. The normalized spacial score (nSPS) is 16.5. The van der Waals surface area contributed by atoms with Gasteiger partial charge < -0.3 is 19.1 Å². The monoisotopic (exact) mass is 379 g/mol. The van der Waals surface area contributed by atoms with E-state index in [0.29, 0.717) is 30.9 Å². The summed E-state index contributed by atoms with van der Waals surface area (Å²) in [6.07, 6.45) is 4.42. The average molecular weight is 379 g/mol. The number of imidazole rings is 1. The third kappa shape index (κ3) is 3.69. The summed E-state index contributed by atoms with van der Waals surface area (Å²) in [5.41, 5.74) is 3.30. The van der Waals surface area contributed by atoms with Gasteiger partial charge in [-0.1, -0.05) is 12.1 Å². The summed E-state index contributed by atoms with van der Waals surface area (Å²) in [5.74, 6) is -0.928. The molecule has 0 unspecified atom stereocenters. The molecule has 1 aromatic carbocycles. The Morgan fingerprint density at radius 2 is 2.11 bits per heavy atom. The molecule has 1 aliphatic rings. The third-order valence-electron chi connectivity index (χ3n) is 4.94. The first-order valence-corrected chi connectivity index (χ1v) is 9.19. The number of hydrogen-bond donors (Lipinski definition) is 1. The number of hydrogen-bond acceptors (Lipinski definition) is 4. The van der Waals surface area contributed by atoms with E-state index in [2.05, 4.69) is 4.98 Å². The summed E-state index contributed by atoms with van der Waals surface area (Å²) in [6, 6.07) is 10.9. The molecule has 1 amide bonds. The molecule has 7 heteroatoms. The maximum atomic E-state index is 12.7. The first kappa shape index (κ1) is 18.0. The van der Waals surface area contributed by atoms with Gasteiger partial charge in [-0.25, -0.2) is 4.98 Å². The molecule has 1 N–H and O–H groups in total. The molecule has 0 aliphatic carbocycles. The van der Waals surface area contributed by atoms with Crippen molar-refractivity contribution in [3.8, 4) is 5.75 Å². The lowest BCUT2D eigenvalue weighted by Crippen LogP contribution is -2.29. The Morgan fingerprint density at radius 3 is 2.89 bits per heavy atom. The number of carboxylic acid groups (broad SMARTS) is 1. The van der Waals surface area contributed by atoms with E-state index in [1.807, 2.05) is 35.9 Å². The molecule has 3 heterocycles. The molecule has 0 spiro atoms. The van der Waals surface area contributed by atoms with Crippen molar-refractivity contribution in [1.82, 2.24) is 14.3 Å². The number of benzene rings is 1. The lowest BCUT2D eigenvalue weighted by Gasteiger charge is -2.16. The van der Waals surface area contributed by atoms with E-state index in [4.69, 9.17) is 9.84 Å².